The lowest BCUT2D eigenvalue weighted by molar-refractivity contribution is -0.141. The molecule has 0 saturated carbocycles. The van der Waals surface area contributed by atoms with E-state index in [1.807, 2.05) is 12.1 Å². The fourth-order valence-corrected chi connectivity index (χ4v) is 3.94. The fourth-order valence-electron chi connectivity index (χ4n) is 3.07. The summed E-state index contributed by atoms with van der Waals surface area (Å²) in [7, 11) is 0. The Morgan fingerprint density at radius 2 is 2.08 bits per heavy atom. The number of carboxylic acid groups (broad SMARTS) is 1. The van der Waals surface area contributed by atoms with Crippen LogP contribution < -0.4 is 0 Å². The number of aryl methyl sites for hydroxylation is 1. The molecule has 0 aliphatic carbocycles. The van der Waals surface area contributed by atoms with Crippen molar-refractivity contribution in [1.82, 2.24) is 14.9 Å². The highest BCUT2D eigenvalue weighted by molar-refractivity contribution is 7.09. The third-order valence-corrected chi connectivity index (χ3v) is 5.20. The van der Waals surface area contributed by atoms with E-state index < -0.39 is 11.9 Å². The summed E-state index contributed by atoms with van der Waals surface area (Å²) in [5.74, 6) is -1.89. The summed E-state index contributed by atoms with van der Waals surface area (Å²) < 4.78 is 0. The zero-order valence-corrected chi connectivity index (χ0v) is 14.2. The van der Waals surface area contributed by atoms with Gasteiger partial charge in [0.05, 0.1) is 10.9 Å². The fraction of sp³-hybridized carbons (Fsp3) is 0.412. The molecule has 0 unspecified atom stereocenters. The minimum absolute atomic E-state index is 0.184. The van der Waals surface area contributed by atoms with Crippen molar-refractivity contribution in [2.45, 2.75) is 25.7 Å². The summed E-state index contributed by atoms with van der Waals surface area (Å²) in [6, 6.07) is 3.63. The predicted octanol–water partition coefficient (Wildman–Crippen LogP) is 2.43. The number of aromatic nitrogens is 2. The molecule has 1 N–H and O–H groups in total. The van der Waals surface area contributed by atoms with Crippen LogP contribution in [-0.2, 0) is 11.2 Å². The van der Waals surface area contributed by atoms with Crippen LogP contribution in [0.3, 0.4) is 0 Å². The molecular weight excluding hydrogens is 326 g/mol. The molecule has 24 heavy (non-hydrogen) atoms. The largest absolute Gasteiger partial charge is 0.481 e. The third-order valence-electron chi connectivity index (χ3n) is 4.29. The Bertz CT molecular complexity index is 732. The van der Waals surface area contributed by atoms with Crippen LogP contribution >= 0.6 is 11.3 Å². The van der Waals surface area contributed by atoms with Crippen LogP contribution in [0.2, 0.25) is 0 Å². The molecule has 0 aromatic carbocycles. The Balaban J connectivity index is 1.79. The molecule has 1 aliphatic heterocycles. The van der Waals surface area contributed by atoms with E-state index in [4.69, 9.17) is 0 Å². The van der Waals surface area contributed by atoms with Gasteiger partial charge < -0.3 is 10.0 Å². The molecule has 3 heterocycles. The molecule has 0 spiro atoms. The molecule has 6 nitrogen and oxygen atoms in total. The maximum Gasteiger partial charge on any atom is 0.308 e. The molecular formula is C17H19N3O3S. The van der Waals surface area contributed by atoms with Crippen molar-refractivity contribution in [2.75, 3.05) is 13.1 Å². The van der Waals surface area contributed by atoms with E-state index in [1.54, 1.807) is 22.7 Å². The van der Waals surface area contributed by atoms with Gasteiger partial charge in [-0.25, -0.2) is 4.98 Å². The van der Waals surface area contributed by atoms with Crippen LogP contribution in [0.1, 0.15) is 40.3 Å². The van der Waals surface area contributed by atoms with E-state index in [2.05, 4.69) is 16.9 Å². The van der Waals surface area contributed by atoms with Gasteiger partial charge in [0.25, 0.3) is 5.91 Å². The second-order valence-electron chi connectivity index (χ2n) is 5.92. The van der Waals surface area contributed by atoms with Crippen molar-refractivity contribution in [3.05, 3.63) is 46.2 Å². The van der Waals surface area contributed by atoms with Crippen molar-refractivity contribution in [2.24, 2.45) is 5.92 Å². The summed E-state index contributed by atoms with van der Waals surface area (Å²) in [4.78, 5) is 34.2. The maximum atomic E-state index is 12.7. The summed E-state index contributed by atoms with van der Waals surface area (Å²) in [6.45, 7) is 2.67. The van der Waals surface area contributed by atoms with Crippen LogP contribution in [0.25, 0.3) is 0 Å². The van der Waals surface area contributed by atoms with Crippen molar-refractivity contribution >= 4 is 23.2 Å². The number of nitrogens with zero attached hydrogens (tertiary/aromatic N) is 3. The number of amides is 1. The zero-order chi connectivity index (χ0) is 17.1. The molecule has 1 amide bonds. The normalized spacial score (nSPS) is 20.3. The molecule has 0 bridgehead atoms. The molecule has 2 aromatic heterocycles. The smallest absolute Gasteiger partial charge is 0.308 e. The number of carbonyl (C=O) groups is 2. The lowest BCUT2D eigenvalue weighted by Gasteiger charge is -2.15. The monoisotopic (exact) mass is 345 g/mol. The van der Waals surface area contributed by atoms with Gasteiger partial charge in [-0.2, -0.15) is 0 Å². The van der Waals surface area contributed by atoms with Crippen molar-refractivity contribution < 1.29 is 14.7 Å². The number of hydrogen-bond donors (Lipinski definition) is 1. The van der Waals surface area contributed by atoms with Gasteiger partial charge in [0, 0.05) is 36.8 Å². The minimum atomic E-state index is -0.878. The third kappa shape index (κ3) is 3.31. The first-order valence-electron chi connectivity index (χ1n) is 7.96. The highest BCUT2D eigenvalue weighted by Gasteiger charge is 2.41. The number of carboxylic acids is 1. The summed E-state index contributed by atoms with van der Waals surface area (Å²) >= 11 is 1.48. The van der Waals surface area contributed by atoms with Gasteiger partial charge >= 0.3 is 5.97 Å². The molecule has 7 heteroatoms. The Morgan fingerprint density at radius 3 is 2.75 bits per heavy atom. The van der Waals surface area contributed by atoms with E-state index in [1.165, 1.54) is 11.3 Å². The SMILES string of the molecule is CCCc1nc(C(=O)N2C[C@H](C(=O)O)[C@@H](c3ccncc3)C2)cs1. The van der Waals surface area contributed by atoms with Crippen LogP contribution in [0, 0.1) is 5.92 Å². The second kappa shape index (κ2) is 7.09. The van der Waals surface area contributed by atoms with Crippen LogP contribution in [-0.4, -0.2) is 44.9 Å². The quantitative estimate of drug-likeness (QED) is 0.900. The van der Waals surface area contributed by atoms with E-state index in [9.17, 15) is 14.7 Å². The summed E-state index contributed by atoms with van der Waals surface area (Å²) in [6.07, 6.45) is 5.14. The van der Waals surface area contributed by atoms with Crippen LogP contribution in [0.5, 0.6) is 0 Å². The average molecular weight is 345 g/mol. The second-order valence-corrected chi connectivity index (χ2v) is 6.86. The Labute approximate surface area is 144 Å². The number of likely N-dealkylation sites (tertiary alicyclic amines) is 1. The lowest BCUT2D eigenvalue weighted by atomic mass is 9.90. The number of aliphatic carboxylic acids is 1. The summed E-state index contributed by atoms with van der Waals surface area (Å²) in [5.41, 5.74) is 1.32. The standard InChI is InChI=1S/C17H19N3O3S/c1-2-3-15-19-14(10-24-15)16(21)20-8-12(13(9-20)17(22)23)11-4-6-18-7-5-11/h4-7,10,12-13H,2-3,8-9H2,1H3,(H,22,23)/t12-,13+/m1/s1. The van der Waals surface area contributed by atoms with Gasteiger partial charge in [-0.15, -0.1) is 11.3 Å². The predicted molar refractivity (Wildman–Crippen MR) is 90.1 cm³/mol. The molecule has 1 fully saturated rings. The van der Waals surface area contributed by atoms with Crippen molar-refractivity contribution in [3.8, 4) is 0 Å². The van der Waals surface area contributed by atoms with Crippen molar-refractivity contribution in [1.29, 1.82) is 0 Å². The lowest BCUT2D eigenvalue weighted by Crippen LogP contribution is -2.30. The number of carbonyl (C=O) groups excluding carboxylic acids is 1. The highest BCUT2D eigenvalue weighted by atomic mass is 32.1. The maximum absolute atomic E-state index is 12.7. The number of pyridine rings is 1. The molecule has 1 aliphatic rings. The molecule has 0 radical (unpaired) electrons. The Hall–Kier alpha value is -2.28. The highest BCUT2D eigenvalue weighted by Crippen LogP contribution is 2.33. The number of hydrogen-bond acceptors (Lipinski definition) is 5. The first-order chi connectivity index (χ1) is 11.6. The van der Waals surface area contributed by atoms with Crippen molar-refractivity contribution in [3.63, 3.8) is 0 Å². The minimum Gasteiger partial charge on any atom is -0.481 e. The Kier molecular flexibility index (Phi) is 4.89. The van der Waals surface area contributed by atoms with E-state index in [0.717, 1.165) is 23.4 Å². The zero-order valence-electron chi connectivity index (χ0n) is 13.4. The van der Waals surface area contributed by atoms with Gasteiger partial charge in [0.2, 0.25) is 0 Å². The van der Waals surface area contributed by atoms with Crippen LogP contribution in [0.4, 0.5) is 0 Å². The van der Waals surface area contributed by atoms with E-state index >= 15 is 0 Å². The summed E-state index contributed by atoms with van der Waals surface area (Å²) in [5, 5.41) is 12.2. The van der Waals surface area contributed by atoms with E-state index in [0.29, 0.717) is 12.2 Å². The van der Waals surface area contributed by atoms with Gasteiger partial charge in [-0.05, 0) is 30.5 Å². The van der Waals surface area contributed by atoms with Gasteiger partial charge in [-0.1, -0.05) is 6.92 Å². The molecule has 3 rings (SSSR count). The van der Waals surface area contributed by atoms with Crippen LogP contribution in [0.15, 0.2) is 29.9 Å². The Morgan fingerprint density at radius 1 is 1.33 bits per heavy atom. The first-order valence-corrected chi connectivity index (χ1v) is 8.84. The average Bonchev–Trinajstić information content (AvgIpc) is 3.22. The molecule has 1 saturated heterocycles. The number of thiazole rings is 1. The molecule has 2 atom stereocenters. The molecule has 2 aromatic rings. The van der Waals surface area contributed by atoms with Gasteiger partial charge in [0.1, 0.15) is 5.69 Å². The molecule has 126 valence electrons. The van der Waals surface area contributed by atoms with Gasteiger partial charge in [-0.3, -0.25) is 14.6 Å². The topological polar surface area (TPSA) is 83.4 Å². The van der Waals surface area contributed by atoms with E-state index in [-0.39, 0.29) is 18.4 Å². The van der Waals surface area contributed by atoms with Gasteiger partial charge in [0.15, 0.2) is 0 Å². The first kappa shape index (κ1) is 16.6. The number of rotatable bonds is 5.